The normalized spacial score (nSPS) is 13.1. The molecule has 2 N–H and O–H groups in total. The summed E-state index contributed by atoms with van der Waals surface area (Å²) in [5.41, 5.74) is 0. The molecular formula is C11H25N3OS. The molecule has 1 atom stereocenters. The van der Waals surface area contributed by atoms with Gasteiger partial charge in [-0.15, -0.1) is 0 Å². The van der Waals surface area contributed by atoms with Crippen LogP contribution in [-0.4, -0.2) is 40.3 Å². The first-order chi connectivity index (χ1) is 7.41. The van der Waals surface area contributed by atoms with Gasteiger partial charge in [0.1, 0.15) is 0 Å². The van der Waals surface area contributed by atoms with Crippen LogP contribution in [0.3, 0.4) is 0 Å². The Hall–Kier alpha value is -0.580. The summed E-state index contributed by atoms with van der Waals surface area (Å²) in [7, 11) is -0.824. The minimum absolute atomic E-state index is 0.147. The van der Waals surface area contributed by atoms with Crippen LogP contribution in [0.4, 0.5) is 0 Å². The summed E-state index contributed by atoms with van der Waals surface area (Å²) in [5.74, 6) is 1.42. The molecule has 0 amide bonds. The number of rotatable bonds is 5. The third-order valence-corrected chi connectivity index (χ3v) is 3.84. The maximum Gasteiger partial charge on any atom is 0.191 e. The molecule has 0 aromatic heterocycles. The van der Waals surface area contributed by atoms with Gasteiger partial charge in [0.2, 0.25) is 0 Å². The van der Waals surface area contributed by atoms with Crippen LogP contribution < -0.4 is 10.6 Å². The largest absolute Gasteiger partial charge is 0.357 e. The number of aliphatic imine (C=N–C) groups is 1. The second-order valence-corrected chi connectivity index (χ2v) is 6.78. The fourth-order valence-electron chi connectivity index (χ4n) is 1.06. The number of nitrogens with zero attached hydrogens (tertiary/aromatic N) is 1. The number of nitrogens with one attached hydrogen (secondary N) is 2. The van der Waals surface area contributed by atoms with Crippen LogP contribution in [0, 0.1) is 0 Å². The second kappa shape index (κ2) is 7.65. The Bertz CT molecular complexity index is 238. The molecule has 0 aliphatic rings. The van der Waals surface area contributed by atoms with Crippen molar-refractivity contribution in [1.82, 2.24) is 10.6 Å². The van der Waals surface area contributed by atoms with E-state index in [2.05, 4.69) is 15.6 Å². The lowest BCUT2D eigenvalue weighted by molar-refractivity contribution is 0.648. The van der Waals surface area contributed by atoms with E-state index in [1.165, 1.54) is 0 Å². The average molecular weight is 247 g/mol. The van der Waals surface area contributed by atoms with Crippen molar-refractivity contribution in [2.24, 2.45) is 4.99 Å². The monoisotopic (exact) mass is 247 g/mol. The van der Waals surface area contributed by atoms with E-state index in [9.17, 15) is 4.21 Å². The van der Waals surface area contributed by atoms with Crippen LogP contribution in [-0.2, 0) is 10.8 Å². The van der Waals surface area contributed by atoms with Crippen molar-refractivity contribution >= 4 is 16.8 Å². The number of hydrogen-bond donors (Lipinski definition) is 2. The molecule has 16 heavy (non-hydrogen) atoms. The lowest BCUT2D eigenvalue weighted by Gasteiger charge is -2.17. The van der Waals surface area contributed by atoms with Crippen molar-refractivity contribution in [2.75, 3.05) is 25.4 Å². The van der Waals surface area contributed by atoms with E-state index in [0.717, 1.165) is 19.0 Å². The molecule has 0 saturated carbocycles. The SMILES string of the molecule is CCNC(=NCCS(=O)C(C)(C)C)NCC. The lowest BCUT2D eigenvalue weighted by atomic mass is 10.3. The number of guanidine groups is 1. The van der Waals surface area contributed by atoms with Crippen LogP contribution >= 0.6 is 0 Å². The fraction of sp³-hybridized carbons (Fsp3) is 0.909. The molecule has 0 aliphatic carbocycles. The lowest BCUT2D eigenvalue weighted by Crippen LogP contribution is -2.37. The van der Waals surface area contributed by atoms with Gasteiger partial charge < -0.3 is 10.6 Å². The van der Waals surface area contributed by atoms with E-state index in [1.54, 1.807) is 0 Å². The van der Waals surface area contributed by atoms with Crippen LogP contribution in [0.25, 0.3) is 0 Å². The minimum atomic E-state index is -0.824. The van der Waals surface area contributed by atoms with E-state index in [0.29, 0.717) is 12.3 Å². The van der Waals surface area contributed by atoms with Gasteiger partial charge in [0.25, 0.3) is 0 Å². The van der Waals surface area contributed by atoms with Crippen molar-refractivity contribution in [2.45, 2.75) is 39.4 Å². The van der Waals surface area contributed by atoms with E-state index < -0.39 is 10.8 Å². The smallest absolute Gasteiger partial charge is 0.191 e. The van der Waals surface area contributed by atoms with Gasteiger partial charge in [0.05, 0.1) is 6.54 Å². The van der Waals surface area contributed by atoms with Crippen LogP contribution in [0.15, 0.2) is 4.99 Å². The molecule has 4 nitrogen and oxygen atoms in total. The van der Waals surface area contributed by atoms with Gasteiger partial charge in [-0.1, -0.05) is 0 Å². The molecule has 0 radical (unpaired) electrons. The predicted octanol–water partition coefficient (Wildman–Crippen LogP) is 1.11. The standard InChI is InChI=1S/C11H25N3OS/c1-6-12-10(13-7-2)14-8-9-16(15)11(3,4)5/h6-9H2,1-5H3,(H2,12,13,14). The van der Waals surface area contributed by atoms with Gasteiger partial charge >= 0.3 is 0 Å². The fourth-order valence-corrected chi connectivity index (χ4v) is 1.93. The molecule has 0 heterocycles. The van der Waals surface area contributed by atoms with Gasteiger partial charge in [0, 0.05) is 34.4 Å². The average Bonchev–Trinajstić information content (AvgIpc) is 2.16. The van der Waals surface area contributed by atoms with Gasteiger partial charge in [0.15, 0.2) is 5.96 Å². The van der Waals surface area contributed by atoms with Crippen molar-refractivity contribution in [3.05, 3.63) is 0 Å². The molecule has 96 valence electrons. The highest BCUT2D eigenvalue weighted by Crippen LogP contribution is 2.10. The zero-order chi connectivity index (χ0) is 12.6. The Kier molecular flexibility index (Phi) is 7.38. The van der Waals surface area contributed by atoms with Crippen molar-refractivity contribution in [1.29, 1.82) is 0 Å². The van der Waals surface area contributed by atoms with Gasteiger partial charge in [-0.3, -0.25) is 9.20 Å². The molecule has 0 aromatic rings. The summed E-state index contributed by atoms with van der Waals surface area (Å²) in [4.78, 5) is 4.36. The third kappa shape index (κ3) is 6.82. The predicted molar refractivity (Wildman–Crippen MR) is 72.4 cm³/mol. The summed E-state index contributed by atoms with van der Waals surface area (Å²) in [6, 6.07) is 0. The molecule has 0 rings (SSSR count). The summed E-state index contributed by atoms with van der Waals surface area (Å²) in [6.45, 7) is 12.3. The topological polar surface area (TPSA) is 53.5 Å². The van der Waals surface area contributed by atoms with Crippen LogP contribution in [0.2, 0.25) is 0 Å². The zero-order valence-electron chi connectivity index (χ0n) is 11.1. The third-order valence-electron chi connectivity index (χ3n) is 1.92. The summed E-state index contributed by atoms with van der Waals surface area (Å²) in [6.07, 6.45) is 0. The molecule has 0 aliphatic heterocycles. The van der Waals surface area contributed by atoms with Crippen molar-refractivity contribution in [3.63, 3.8) is 0 Å². The highest BCUT2D eigenvalue weighted by molar-refractivity contribution is 7.86. The van der Waals surface area contributed by atoms with Gasteiger partial charge in [-0.05, 0) is 34.6 Å². The van der Waals surface area contributed by atoms with Crippen LogP contribution in [0.5, 0.6) is 0 Å². The Morgan fingerprint density at radius 3 is 2.06 bits per heavy atom. The summed E-state index contributed by atoms with van der Waals surface area (Å²) >= 11 is 0. The highest BCUT2D eigenvalue weighted by atomic mass is 32.2. The van der Waals surface area contributed by atoms with Gasteiger partial charge in [-0.25, -0.2) is 0 Å². The molecular weight excluding hydrogens is 222 g/mol. The highest BCUT2D eigenvalue weighted by Gasteiger charge is 2.18. The van der Waals surface area contributed by atoms with Crippen molar-refractivity contribution < 1.29 is 4.21 Å². The Balaban J connectivity index is 4.08. The molecule has 1 unspecified atom stereocenters. The minimum Gasteiger partial charge on any atom is -0.357 e. The van der Waals surface area contributed by atoms with Gasteiger partial charge in [-0.2, -0.15) is 0 Å². The molecule has 0 spiro atoms. The molecule has 0 fully saturated rings. The maximum atomic E-state index is 11.8. The van der Waals surface area contributed by atoms with E-state index in [4.69, 9.17) is 0 Å². The Morgan fingerprint density at radius 1 is 1.19 bits per heavy atom. The Labute approximate surface area is 102 Å². The first-order valence-electron chi connectivity index (χ1n) is 5.82. The van der Waals surface area contributed by atoms with Crippen LogP contribution in [0.1, 0.15) is 34.6 Å². The zero-order valence-corrected chi connectivity index (χ0v) is 11.9. The summed E-state index contributed by atoms with van der Waals surface area (Å²) < 4.78 is 11.6. The second-order valence-electron chi connectivity index (χ2n) is 4.45. The molecule has 0 aromatic carbocycles. The quantitative estimate of drug-likeness (QED) is 0.565. The van der Waals surface area contributed by atoms with E-state index >= 15 is 0 Å². The first-order valence-corrected chi connectivity index (χ1v) is 7.14. The summed E-state index contributed by atoms with van der Waals surface area (Å²) in [5, 5.41) is 6.27. The van der Waals surface area contributed by atoms with E-state index in [-0.39, 0.29) is 4.75 Å². The van der Waals surface area contributed by atoms with E-state index in [1.807, 2.05) is 34.6 Å². The van der Waals surface area contributed by atoms with Crippen molar-refractivity contribution in [3.8, 4) is 0 Å². The number of hydrogen-bond acceptors (Lipinski definition) is 2. The first kappa shape index (κ1) is 15.4. The molecule has 0 saturated heterocycles. The molecule has 5 heteroatoms. The maximum absolute atomic E-state index is 11.8. The Morgan fingerprint density at radius 2 is 1.69 bits per heavy atom. The molecule has 0 bridgehead atoms.